The van der Waals surface area contributed by atoms with Crippen LogP contribution in [0.4, 0.5) is 0 Å². The number of rotatable bonds is 2. The SMILES string of the molecule is CC1(NC(=O)[C@H]2Cc3ccccc3CN2)CCCC1. The molecule has 1 saturated carbocycles. The molecule has 1 amide bonds. The van der Waals surface area contributed by atoms with E-state index >= 15 is 0 Å². The monoisotopic (exact) mass is 258 g/mol. The Kier molecular flexibility index (Phi) is 3.31. The molecule has 19 heavy (non-hydrogen) atoms. The average molecular weight is 258 g/mol. The molecule has 1 heterocycles. The number of hydrogen-bond donors (Lipinski definition) is 2. The second-order valence-electron chi connectivity index (χ2n) is 6.16. The van der Waals surface area contributed by atoms with Crippen LogP contribution < -0.4 is 10.6 Å². The van der Waals surface area contributed by atoms with E-state index in [0.717, 1.165) is 25.8 Å². The van der Waals surface area contributed by atoms with Crippen molar-refractivity contribution in [2.75, 3.05) is 0 Å². The molecule has 2 N–H and O–H groups in total. The zero-order chi connectivity index (χ0) is 13.3. The Morgan fingerprint density at radius 3 is 2.68 bits per heavy atom. The molecule has 0 aromatic heterocycles. The third kappa shape index (κ3) is 2.66. The highest BCUT2D eigenvalue weighted by atomic mass is 16.2. The highest BCUT2D eigenvalue weighted by Gasteiger charge is 2.33. The summed E-state index contributed by atoms with van der Waals surface area (Å²) in [5.41, 5.74) is 2.65. The van der Waals surface area contributed by atoms with Gasteiger partial charge in [-0.1, -0.05) is 37.1 Å². The first-order valence-electron chi connectivity index (χ1n) is 7.28. The predicted octanol–water partition coefficient (Wildman–Crippen LogP) is 2.15. The lowest BCUT2D eigenvalue weighted by Crippen LogP contribution is -2.54. The van der Waals surface area contributed by atoms with E-state index in [2.05, 4.69) is 41.8 Å². The summed E-state index contributed by atoms with van der Waals surface area (Å²) in [6.45, 7) is 2.97. The van der Waals surface area contributed by atoms with E-state index < -0.39 is 0 Å². The minimum atomic E-state index is -0.0766. The molecule has 1 aromatic rings. The van der Waals surface area contributed by atoms with Gasteiger partial charge >= 0.3 is 0 Å². The Bertz CT molecular complexity index is 477. The summed E-state index contributed by atoms with van der Waals surface area (Å²) < 4.78 is 0. The third-order valence-electron chi connectivity index (χ3n) is 4.53. The van der Waals surface area contributed by atoms with Gasteiger partial charge in [0.05, 0.1) is 6.04 Å². The molecular formula is C16H22N2O. The number of amides is 1. The van der Waals surface area contributed by atoms with Crippen LogP contribution in [-0.4, -0.2) is 17.5 Å². The third-order valence-corrected chi connectivity index (χ3v) is 4.53. The lowest BCUT2D eigenvalue weighted by Gasteiger charge is -2.31. The number of benzene rings is 1. The van der Waals surface area contributed by atoms with Crippen molar-refractivity contribution < 1.29 is 4.79 Å². The quantitative estimate of drug-likeness (QED) is 0.853. The fraction of sp³-hybridized carbons (Fsp3) is 0.562. The van der Waals surface area contributed by atoms with Crippen LogP contribution in [0.2, 0.25) is 0 Å². The highest BCUT2D eigenvalue weighted by Crippen LogP contribution is 2.29. The Labute approximate surface area is 114 Å². The first-order valence-corrected chi connectivity index (χ1v) is 7.28. The number of carbonyl (C=O) groups is 1. The van der Waals surface area contributed by atoms with Gasteiger partial charge in [0.1, 0.15) is 0 Å². The summed E-state index contributed by atoms with van der Waals surface area (Å²) in [7, 11) is 0. The molecule has 1 aromatic carbocycles. The molecule has 102 valence electrons. The highest BCUT2D eigenvalue weighted by molar-refractivity contribution is 5.83. The molecule has 0 radical (unpaired) electrons. The minimum absolute atomic E-state index is 0.0235. The van der Waals surface area contributed by atoms with Crippen molar-refractivity contribution in [2.24, 2.45) is 0 Å². The number of fused-ring (bicyclic) bond motifs is 1. The Morgan fingerprint density at radius 2 is 1.95 bits per heavy atom. The van der Waals surface area contributed by atoms with Crippen molar-refractivity contribution in [3.63, 3.8) is 0 Å². The summed E-state index contributed by atoms with van der Waals surface area (Å²) in [5.74, 6) is 0.166. The van der Waals surface area contributed by atoms with E-state index in [9.17, 15) is 4.79 Å². The molecule has 3 heteroatoms. The van der Waals surface area contributed by atoms with Crippen LogP contribution in [0.5, 0.6) is 0 Å². The number of hydrogen-bond acceptors (Lipinski definition) is 2. The summed E-state index contributed by atoms with van der Waals surface area (Å²) in [6.07, 6.45) is 5.50. The molecule has 1 aliphatic carbocycles. The molecule has 0 saturated heterocycles. The summed E-state index contributed by atoms with van der Waals surface area (Å²) in [6, 6.07) is 8.30. The zero-order valence-corrected chi connectivity index (χ0v) is 11.5. The smallest absolute Gasteiger partial charge is 0.237 e. The maximum atomic E-state index is 12.4. The average Bonchev–Trinajstić information content (AvgIpc) is 2.84. The Hall–Kier alpha value is -1.35. The van der Waals surface area contributed by atoms with E-state index in [-0.39, 0.29) is 17.5 Å². The molecule has 0 bridgehead atoms. The van der Waals surface area contributed by atoms with Crippen molar-refractivity contribution in [3.8, 4) is 0 Å². The maximum absolute atomic E-state index is 12.4. The Morgan fingerprint density at radius 1 is 1.26 bits per heavy atom. The molecule has 3 rings (SSSR count). The topological polar surface area (TPSA) is 41.1 Å². The number of carbonyl (C=O) groups excluding carboxylic acids is 1. The minimum Gasteiger partial charge on any atom is -0.350 e. The fourth-order valence-electron chi connectivity index (χ4n) is 3.30. The van der Waals surface area contributed by atoms with Crippen molar-refractivity contribution >= 4 is 5.91 Å². The molecular weight excluding hydrogens is 236 g/mol. The van der Waals surface area contributed by atoms with Crippen LogP contribution in [-0.2, 0) is 17.8 Å². The maximum Gasteiger partial charge on any atom is 0.237 e. The molecule has 2 aliphatic rings. The summed E-state index contributed by atoms with van der Waals surface area (Å²) >= 11 is 0. The van der Waals surface area contributed by atoms with Gasteiger partial charge in [0.2, 0.25) is 5.91 Å². The van der Waals surface area contributed by atoms with Gasteiger partial charge < -0.3 is 10.6 Å². The number of nitrogens with one attached hydrogen (secondary N) is 2. The van der Waals surface area contributed by atoms with E-state index in [1.165, 1.54) is 24.0 Å². The van der Waals surface area contributed by atoms with Crippen LogP contribution in [0.1, 0.15) is 43.7 Å². The molecule has 0 unspecified atom stereocenters. The normalized spacial score (nSPS) is 24.8. The van der Waals surface area contributed by atoms with Gasteiger partial charge in [-0.2, -0.15) is 0 Å². The van der Waals surface area contributed by atoms with E-state index in [1.54, 1.807) is 0 Å². The van der Waals surface area contributed by atoms with Crippen molar-refractivity contribution in [2.45, 2.75) is 57.2 Å². The first-order chi connectivity index (χ1) is 9.16. The molecule has 3 nitrogen and oxygen atoms in total. The van der Waals surface area contributed by atoms with E-state index in [0.29, 0.717) is 0 Å². The van der Waals surface area contributed by atoms with Gasteiger partial charge in [-0.15, -0.1) is 0 Å². The fourth-order valence-corrected chi connectivity index (χ4v) is 3.30. The van der Waals surface area contributed by atoms with Crippen molar-refractivity contribution in [1.29, 1.82) is 0 Å². The molecule has 1 atom stereocenters. The second kappa shape index (κ2) is 4.97. The molecule has 1 fully saturated rings. The zero-order valence-electron chi connectivity index (χ0n) is 11.5. The van der Waals surface area contributed by atoms with Gasteiger partial charge in [0, 0.05) is 12.1 Å². The lowest BCUT2D eigenvalue weighted by atomic mass is 9.94. The lowest BCUT2D eigenvalue weighted by molar-refractivity contribution is -0.125. The van der Waals surface area contributed by atoms with E-state index in [1.807, 2.05) is 0 Å². The van der Waals surface area contributed by atoms with Crippen LogP contribution >= 0.6 is 0 Å². The predicted molar refractivity (Wildman–Crippen MR) is 75.8 cm³/mol. The summed E-state index contributed by atoms with van der Waals surface area (Å²) in [4.78, 5) is 12.4. The standard InChI is InChI=1S/C16H22N2O/c1-16(8-4-5-9-16)18-15(19)14-10-12-6-2-3-7-13(12)11-17-14/h2-3,6-7,14,17H,4-5,8-11H2,1H3,(H,18,19)/t14-/m1/s1. The van der Waals surface area contributed by atoms with Crippen LogP contribution in [0, 0.1) is 0 Å². The van der Waals surface area contributed by atoms with Crippen LogP contribution in [0.15, 0.2) is 24.3 Å². The van der Waals surface area contributed by atoms with Gasteiger partial charge in [-0.05, 0) is 37.3 Å². The summed E-state index contributed by atoms with van der Waals surface area (Å²) in [5, 5.41) is 6.61. The van der Waals surface area contributed by atoms with Gasteiger partial charge in [0.15, 0.2) is 0 Å². The Balaban J connectivity index is 1.66. The van der Waals surface area contributed by atoms with Gasteiger partial charge in [-0.3, -0.25) is 4.79 Å². The first kappa shape index (κ1) is 12.7. The largest absolute Gasteiger partial charge is 0.350 e. The van der Waals surface area contributed by atoms with Crippen LogP contribution in [0.25, 0.3) is 0 Å². The molecule has 0 spiro atoms. The second-order valence-corrected chi connectivity index (χ2v) is 6.16. The van der Waals surface area contributed by atoms with Gasteiger partial charge in [-0.25, -0.2) is 0 Å². The van der Waals surface area contributed by atoms with Gasteiger partial charge in [0.25, 0.3) is 0 Å². The van der Waals surface area contributed by atoms with Crippen molar-refractivity contribution in [3.05, 3.63) is 35.4 Å². The van der Waals surface area contributed by atoms with Crippen LogP contribution in [0.3, 0.4) is 0 Å². The van der Waals surface area contributed by atoms with Crippen molar-refractivity contribution in [1.82, 2.24) is 10.6 Å². The van der Waals surface area contributed by atoms with E-state index in [4.69, 9.17) is 0 Å². The molecule has 1 aliphatic heterocycles.